The lowest BCUT2D eigenvalue weighted by molar-refractivity contribution is -0.120. The average Bonchev–Trinajstić information content (AvgIpc) is 3.68. The topological polar surface area (TPSA) is 159 Å². The summed E-state index contributed by atoms with van der Waals surface area (Å²) in [6, 6.07) is 12.2. The predicted molar refractivity (Wildman–Crippen MR) is 127 cm³/mol. The van der Waals surface area contributed by atoms with Crippen molar-refractivity contribution in [1.29, 1.82) is 15.9 Å². The fraction of sp³-hybridized carbons (Fsp3) is 0.480. The largest absolute Gasteiger partial charge is 0.373 e. The number of nitriles is 2. The molecular weight excluding hydrogens is 430 g/mol. The van der Waals surface area contributed by atoms with Gasteiger partial charge in [-0.2, -0.15) is 10.5 Å². The first-order valence-electron chi connectivity index (χ1n) is 11.5. The summed E-state index contributed by atoms with van der Waals surface area (Å²) in [5.41, 5.74) is 6.70. The molecule has 0 aromatic heterocycles. The first-order chi connectivity index (χ1) is 16.3. The highest BCUT2D eigenvalue weighted by molar-refractivity contribution is 6.22. The molecule has 0 radical (unpaired) electrons. The number of nitrogens with zero attached hydrogens (tertiary/aromatic N) is 3. The molecule has 0 spiro atoms. The van der Waals surface area contributed by atoms with Crippen LogP contribution in [-0.2, 0) is 16.1 Å². The lowest BCUT2D eigenvalue weighted by Crippen LogP contribution is -2.50. The van der Waals surface area contributed by atoms with Crippen molar-refractivity contribution < 1.29 is 9.59 Å². The molecule has 2 amide bonds. The number of carbonyl (C=O) groups excluding carboxylic acids is 2. The van der Waals surface area contributed by atoms with Gasteiger partial charge in [-0.1, -0.05) is 12.1 Å². The van der Waals surface area contributed by atoms with Crippen LogP contribution in [-0.4, -0.2) is 41.2 Å². The predicted octanol–water partition coefficient (Wildman–Crippen LogP) is 2.05. The van der Waals surface area contributed by atoms with Gasteiger partial charge in [-0.05, 0) is 56.2 Å². The van der Waals surface area contributed by atoms with Crippen molar-refractivity contribution in [3.05, 3.63) is 47.2 Å². The Morgan fingerprint density at radius 1 is 1.21 bits per heavy atom. The van der Waals surface area contributed by atoms with Gasteiger partial charge >= 0.3 is 0 Å². The van der Waals surface area contributed by atoms with E-state index in [0.29, 0.717) is 12.1 Å². The minimum absolute atomic E-state index is 0.0742. The van der Waals surface area contributed by atoms with Gasteiger partial charge in [0.2, 0.25) is 5.91 Å². The highest BCUT2D eigenvalue weighted by Gasteiger charge is 2.38. The molecule has 0 atom stereocenters. The Kier molecular flexibility index (Phi) is 8.04. The SMILES string of the molecule is CN(/C=C(\C(=N)NC(=O)C1CC1)C(N)=O)C1(CC#N)CCC(NCc2ccc(C#N)cc2)CC1. The summed E-state index contributed by atoms with van der Waals surface area (Å²) in [6.45, 7) is 0.695. The Morgan fingerprint density at radius 3 is 2.38 bits per heavy atom. The maximum atomic E-state index is 12.0. The lowest BCUT2D eigenvalue weighted by atomic mass is 9.76. The highest BCUT2D eigenvalue weighted by Crippen LogP contribution is 2.36. The van der Waals surface area contributed by atoms with Crippen molar-refractivity contribution in [2.45, 2.75) is 63.1 Å². The molecule has 0 heterocycles. The summed E-state index contributed by atoms with van der Waals surface area (Å²) in [6.07, 6.45) is 6.51. The van der Waals surface area contributed by atoms with E-state index in [1.165, 1.54) is 6.20 Å². The van der Waals surface area contributed by atoms with Gasteiger partial charge in [0.25, 0.3) is 5.91 Å². The minimum atomic E-state index is -0.794. The van der Waals surface area contributed by atoms with E-state index in [-0.39, 0.29) is 35.7 Å². The zero-order valence-corrected chi connectivity index (χ0v) is 19.4. The van der Waals surface area contributed by atoms with Gasteiger partial charge in [0.1, 0.15) is 5.84 Å². The third-order valence-electron chi connectivity index (χ3n) is 6.80. The Bertz CT molecular complexity index is 1040. The van der Waals surface area contributed by atoms with Crippen LogP contribution < -0.4 is 16.4 Å². The number of benzene rings is 1. The summed E-state index contributed by atoms with van der Waals surface area (Å²) in [5.74, 6) is -1.46. The van der Waals surface area contributed by atoms with E-state index in [1.807, 2.05) is 17.0 Å². The molecule has 0 unspecified atom stereocenters. The maximum Gasteiger partial charge on any atom is 0.253 e. The van der Waals surface area contributed by atoms with Gasteiger partial charge in [-0.25, -0.2) is 0 Å². The third kappa shape index (κ3) is 6.21. The van der Waals surface area contributed by atoms with Crippen molar-refractivity contribution >= 4 is 17.6 Å². The highest BCUT2D eigenvalue weighted by atomic mass is 16.2. The molecule has 9 heteroatoms. The third-order valence-corrected chi connectivity index (χ3v) is 6.80. The van der Waals surface area contributed by atoms with Crippen molar-refractivity contribution in [2.24, 2.45) is 11.7 Å². The first kappa shape index (κ1) is 24.9. The molecular formula is C25H31N7O2. The number of amidine groups is 1. The number of rotatable bonds is 9. The fourth-order valence-electron chi connectivity index (χ4n) is 4.34. The molecule has 2 aliphatic carbocycles. The van der Waals surface area contributed by atoms with E-state index < -0.39 is 11.4 Å². The van der Waals surface area contributed by atoms with E-state index in [2.05, 4.69) is 22.8 Å². The van der Waals surface area contributed by atoms with Crippen LogP contribution in [0.1, 0.15) is 56.1 Å². The summed E-state index contributed by atoms with van der Waals surface area (Å²) in [4.78, 5) is 25.9. The number of nitrogens with two attached hydrogens (primary N) is 1. The quantitative estimate of drug-likeness (QED) is 0.250. The van der Waals surface area contributed by atoms with Crippen LogP contribution in [0.5, 0.6) is 0 Å². The van der Waals surface area contributed by atoms with Crippen LogP contribution in [0.25, 0.3) is 0 Å². The molecule has 9 nitrogen and oxygen atoms in total. The standard InChI is InChI=1S/C25H31N7O2/c1-32(16-21(23(29)33)22(28)31-24(34)19-6-7-19)25(12-13-26)10-8-20(9-11-25)30-15-18-4-2-17(14-27)3-5-18/h2-5,16,19-20,30H,6-12,15H2,1H3,(H2,29,33)(H2,28,31,34)/b21-16+. The Balaban J connectivity index is 1.63. The van der Waals surface area contributed by atoms with E-state index in [9.17, 15) is 14.9 Å². The lowest BCUT2D eigenvalue weighted by Gasteiger charge is -2.45. The zero-order chi connectivity index (χ0) is 24.7. The maximum absolute atomic E-state index is 12.0. The van der Waals surface area contributed by atoms with Gasteiger partial charge < -0.3 is 21.3 Å². The van der Waals surface area contributed by atoms with E-state index >= 15 is 0 Å². The molecule has 5 N–H and O–H groups in total. The minimum Gasteiger partial charge on any atom is -0.373 e. The van der Waals surface area contributed by atoms with Crippen LogP contribution in [0.15, 0.2) is 36.0 Å². The Hall–Kier alpha value is -3.69. The van der Waals surface area contributed by atoms with Crippen molar-refractivity contribution in [1.82, 2.24) is 15.5 Å². The first-order valence-corrected chi connectivity index (χ1v) is 11.5. The van der Waals surface area contributed by atoms with E-state index in [4.69, 9.17) is 16.4 Å². The molecule has 34 heavy (non-hydrogen) atoms. The molecule has 2 saturated carbocycles. The number of primary amides is 1. The summed E-state index contributed by atoms with van der Waals surface area (Å²) in [5, 5.41) is 32.6. The van der Waals surface area contributed by atoms with Crippen molar-refractivity contribution in [3.8, 4) is 12.1 Å². The number of hydrogen-bond acceptors (Lipinski definition) is 7. The van der Waals surface area contributed by atoms with Crippen molar-refractivity contribution in [3.63, 3.8) is 0 Å². The van der Waals surface area contributed by atoms with E-state index in [0.717, 1.165) is 44.1 Å². The van der Waals surface area contributed by atoms with Gasteiger partial charge in [0.05, 0.1) is 35.2 Å². The van der Waals surface area contributed by atoms with Crippen molar-refractivity contribution in [2.75, 3.05) is 7.05 Å². The smallest absolute Gasteiger partial charge is 0.253 e. The fourth-order valence-corrected chi connectivity index (χ4v) is 4.34. The molecule has 0 saturated heterocycles. The normalized spacial score (nSPS) is 22.2. The Morgan fingerprint density at radius 2 is 1.85 bits per heavy atom. The van der Waals surface area contributed by atoms with E-state index in [1.54, 1.807) is 19.2 Å². The second kappa shape index (κ2) is 11.0. The number of nitrogens with one attached hydrogen (secondary N) is 3. The molecule has 3 rings (SSSR count). The number of carbonyl (C=O) groups is 2. The number of hydrogen-bond donors (Lipinski definition) is 4. The van der Waals surface area contributed by atoms with Crippen LogP contribution in [0.3, 0.4) is 0 Å². The molecule has 1 aromatic rings. The summed E-state index contributed by atoms with van der Waals surface area (Å²) >= 11 is 0. The molecule has 1 aromatic carbocycles. The molecule has 0 aliphatic heterocycles. The van der Waals surface area contributed by atoms with Crippen LogP contribution >= 0.6 is 0 Å². The Labute approximate surface area is 200 Å². The zero-order valence-electron chi connectivity index (χ0n) is 19.4. The number of amides is 2. The van der Waals surface area contributed by atoms with Gasteiger partial charge in [0.15, 0.2) is 0 Å². The average molecular weight is 462 g/mol. The second-order valence-corrected chi connectivity index (χ2v) is 9.18. The second-order valence-electron chi connectivity index (χ2n) is 9.18. The molecule has 178 valence electrons. The summed E-state index contributed by atoms with van der Waals surface area (Å²) < 4.78 is 0. The van der Waals surface area contributed by atoms with Crippen LogP contribution in [0.2, 0.25) is 0 Å². The van der Waals surface area contributed by atoms with Crippen LogP contribution in [0.4, 0.5) is 0 Å². The molecule has 2 aliphatic rings. The van der Waals surface area contributed by atoms with Gasteiger partial charge in [-0.15, -0.1) is 0 Å². The van der Waals surface area contributed by atoms with Gasteiger partial charge in [-0.3, -0.25) is 15.0 Å². The molecule has 2 fully saturated rings. The van der Waals surface area contributed by atoms with Crippen LogP contribution in [0, 0.1) is 34.0 Å². The molecule has 0 bridgehead atoms. The monoisotopic (exact) mass is 461 g/mol. The summed E-state index contributed by atoms with van der Waals surface area (Å²) in [7, 11) is 1.79. The van der Waals surface area contributed by atoms with Gasteiger partial charge in [0, 0.05) is 31.8 Å².